The van der Waals surface area contributed by atoms with Gasteiger partial charge in [0.25, 0.3) is 0 Å². The summed E-state index contributed by atoms with van der Waals surface area (Å²) in [6, 6.07) is 1.81. The molecule has 0 aliphatic heterocycles. The zero-order valence-electron chi connectivity index (χ0n) is 12.4. The van der Waals surface area contributed by atoms with Crippen LogP contribution in [0.2, 0.25) is 0 Å². The SMILES string of the molecule is CC(=O)c1c(C)nn(CCC(=O)NCc2ccn[nH]2)c1C. The molecule has 0 bridgehead atoms. The number of amides is 1. The van der Waals surface area contributed by atoms with Gasteiger partial charge in [-0.1, -0.05) is 0 Å². The van der Waals surface area contributed by atoms with E-state index < -0.39 is 0 Å². The Morgan fingerprint density at radius 2 is 2.14 bits per heavy atom. The predicted molar refractivity (Wildman–Crippen MR) is 76.8 cm³/mol. The highest BCUT2D eigenvalue weighted by Crippen LogP contribution is 2.13. The van der Waals surface area contributed by atoms with Crippen molar-refractivity contribution in [2.24, 2.45) is 0 Å². The van der Waals surface area contributed by atoms with Gasteiger partial charge in [0.05, 0.1) is 23.5 Å². The molecular formula is C14H19N5O2. The molecule has 112 valence electrons. The monoisotopic (exact) mass is 289 g/mol. The second-order valence-corrected chi connectivity index (χ2v) is 4.93. The third-order valence-electron chi connectivity index (χ3n) is 3.32. The van der Waals surface area contributed by atoms with Gasteiger partial charge in [-0.25, -0.2) is 0 Å². The number of aromatic nitrogens is 4. The van der Waals surface area contributed by atoms with E-state index in [0.717, 1.165) is 11.4 Å². The minimum absolute atomic E-state index is 0.0000495. The maximum Gasteiger partial charge on any atom is 0.222 e. The minimum atomic E-state index is -0.0680. The summed E-state index contributed by atoms with van der Waals surface area (Å²) < 4.78 is 1.71. The third kappa shape index (κ3) is 3.56. The van der Waals surface area contributed by atoms with Crippen LogP contribution < -0.4 is 5.32 Å². The van der Waals surface area contributed by atoms with Gasteiger partial charge in [-0.05, 0) is 26.8 Å². The molecule has 0 aliphatic rings. The second kappa shape index (κ2) is 6.34. The predicted octanol–water partition coefficient (Wildman–Crippen LogP) is 1.13. The van der Waals surface area contributed by atoms with E-state index in [9.17, 15) is 9.59 Å². The molecule has 0 saturated heterocycles. The van der Waals surface area contributed by atoms with Crippen molar-refractivity contribution in [2.75, 3.05) is 0 Å². The van der Waals surface area contributed by atoms with Crippen LogP contribution in [0.3, 0.4) is 0 Å². The van der Waals surface area contributed by atoms with E-state index in [4.69, 9.17) is 0 Å². The number of H-pyrrole nitrogens is 1. The van der Waals surface area contributed by atoms with Gasteiger partial charge in [0.15, 0.2) is 5.78 Å². The lowest BCUT2D eigenvalue weighted by Gasteiger charge is -2.06. The van der Waals surface area contributed by atoms with Crippen LogP contribution in [0, 0.1) is 13.8 Å². The zero-order valence-corrected chi connectivity index (χ0v) is 12.4. The lowest BCUT2D eigenvalue weighted by Crippen LogP contribution is -2.24. The zero-order chi connectivity index (χ0) is 15.4. The smallest absolute Gasteiger partial charge is 0.222 e. The number of hydrogen-bond donors (Lipinski definition) is 2. The Morgan fingerprint density at radius 1 is 1.38 bits per heavy atom. The normalized spacial score (nSPS) is 10.6. The summed E-state index contributed by atoms with van der Waals surface area (Å²) >= 11 is 0. The van der Waals surface area contributed by atoms with Crippen molar-refractivity contribution in [3.05, 3.63) is 34.9 Å². The molecule has 2 aromatic rings. The summed E-state index contributed by atoms with van der Waals surface area (Å²) in [6.45, 7) is 6.06. The molecule has 0 atom stereocenters. The largest absolute Gasteiger partial charge is 0.350 e. The van der Waals surface area contributed by atoms with Crippen LogP contribution in [0.15, 0.2) is 12.3 Å². The number of aryl methyl sites for hydroxylation is 2. The average molecular weight is 289 g/mol. The van der Waals surface area contributed by atoms with E-state index in [1.165, 1.54) is 6.92 Å². The summed E-state index contributed by atoms with van der Waals surface area (Å²) in [5.41, 5.74) is 3.01. The fraction of sp³-hybridized carbons (Fsp3) is 0.429. The van der Waals surface area contributed by atoms with Crippen molar-refractivity contribution in [1.82, 2.24) is 25.3 Å². The van der Waals surface area contributed by atoms with Gasteiger partial charge >= 0.3 is 0 Å². The highest BCUT2D eigenvalue weighted by molar-refractivity contribution is 5.96. The fourth-order valence-electron chi connectivity index (χ4n) is 2.30. The fourth-order valence-corrected chi connectivity index (χ4v) is 2.30. The van der Waals surface area contributed by atoms with Crippen LogP contribution in [0.1, 0.15) is 40.8 Å². The molecule has 2 N–H and O–H groups in total. The highest BCUT2D eigenvalue weighted by atomic mass is 16.1. The number of hydrogen-bond acceptors (Lipinski definition) is 4. The topological polar surface area (TPSA) is 92.7 Å². The molecule has 0 aliphatic carbocycles. The lowest BCUT2D eigenvalue weighted by molar-refractivity contribution is -0.121. The first-order chi connectivity index (χ1) is 9.99. The van der Waals surface area contributed by atoms with Gasteiger partial charge in [-0.3, -0.25) is 19.4 Å². The average Bonchev–Trinajstić information content (AvgIpc) is 3.02. The van der Waals surface area contributed by atoms with Crippen molar-refractivity contribution in [3.63, 3.8) is 0 Å². The van der Waals surface area contributed by atoms with Gasteiger partial charge in [0, 0.05) is 24.9 Å². The van der Waals surface area contributed by atoms with Crippen molar-refractivity contribution < 1.29 is 9.59 Å². The number of rotatable bonds is 6. The van der Waals surface area contributed by atoms with Crippen LogP contribution >= 0.6 is 0 Å². The number of nitrogens with one attached hydrogen (secondary N) is 2. The van der Waals surface area contributed by atoms with E-state index >= 15 is 0 Å². The first-order valence-corrected chi connectivity index (χ1v) is 6.79. The standard InChI is InChI=1S/C14H19N5O2/c1-9-14(11(3)20)10(2)19(18-9)7-5-13(21)15-8-12-4-6-16-17-12/h4,6H,5,7-8H2,1-3H3,(H,15,21)(H,16,17). The number of carbonyl (C=O) groups excluding carboxylic acids is 2. The molecule has 2 aromatic heterocycles. The number of aromatic amines is 1. The van der Waals surface area contributed by atoms with E-state index in [1.807, 2.05) is 6.92 Å². The van der Waals surface area contributed by atoms with Crippen LogP contribution in [-0.4, -0.2) is 31.7 Å². The molecule has 7 nitrogen and oxygen atoms in total. The Kier molecular flexibility index (Phi) is 4.52. The molecule has 1 amide bonds. The maximum absolute atomic E-state index is 11.8. The molecule has 21 heavy (non-hydrogen) atoms. The van der Waals surface area contributed by atoms with Gasteiger partial charge in [0.2, 0.25) is 5.91 Å². The summed E-state index contributed by atoms with van der Waals surface area (Å²) in [7, 11) is 0. The highest BCUT2D eigenvalue weighted by Gasteiger charge is 2.15. The van der Waals surface area contributed by atoms with Crippen molar-refractivity contribution in [1.29, 1.82) is 0 Å². The minimum Gasteiger partial charge on any atom is -0.350 e. The molecule has 7 heteroatoms. The van der Waals surface area contributed by atoms with Crippen LogP contribution in [-0.2, 0) is 17.9 Å². The van der Waals surface area contributed by atoms with Crippen LogP contribution in [0.25, 0.3) is 0 Å². The second-order valence-electron chi connectivity index (χ2n) is 4.93. The van der Waals surface area contributed by atoms with E-state index in [0.29, 0.717) is 30.8 Å². The molecular weight excluding hydrogens is 270 g/mol. The maximum atomic E-state index is 11.8. The number of ketones is 1. The Bertz CT molecular complexity index is 643. The molecule has 0 spiro atoms. The Morgan fingerprint density at radius 3 is 2.71 bits per heavy atom. The molecule has 0 saturated carbocycles. The van der Waals surface area contributed by atoms with E-state index in [1.54, 1.807) is 23.9 Å². The van der Waals surface area contributed by atoms with Crippen LogP contribution in [0.4, 0.5) is 0 Å². The molecule has 2 rings (SSSR count). The number of nitrogens with zero attached hydrogens (tertiary/aromatic N) is 3. The Labute approximate surface area is 122 Å². The number of Topliss-reactive ketones (excluding diaryl/α,β-unsaturated/α-hetero) is 1. The molecule has 0 unspecified atom stereocenters. The molecule has 0 radical (unpaired) electrons. The summed E-state index contributed by atoms with van der Waals surface area (Å²) in [6.07, 6.45) is 1.95. The molecule has 0 aromatic carbocycles. The number of carbonyl (C=O) groups is 2. The quantitative estimate of drug-likeness (QED) is 0.780. The summed E-state index contributed by atoms with van der Waals surface area (Å²) in [5.74, 6) is -0.0681. The molecule has 2 heterocycles. The first kappa shape index (κ1) is 15.0. The summed E-state index contributed by atoms with van der Waals surface area (Å²) in [4.78, 5) is 23.3. The van der Waals surface area contributed by atoms with Crippen molar-refractivity contribution >= 4 is 11.7 Å². The van der Waals surface area contributed by atoms with E-state index in [-0.39, 0.29) is 11.7 Å². The van der Waals surface area contributed by atoms with Gasteiger partial charge in [-0.2, -0.15) is 10.2 Å². The summed E-state index contributed by atoms with van der Waals surface area (Å²) in [5, 5.41) is 13.7. The van der Waals surface area contributed by atoms with Gasteiger partial charge < -0.3 is 5.32 Å². The van der Waals surface area contributed by atoms with Gasteiger partial charge in [0.1, 0.15) is 0 Å². The van der Waals surface area contributed by atoms with Crippen molar-refractivity contribution in [2.45, 2.75) is 40.3 Å². The van der Waals surface area contributed by atoms with E-state index in [2.05, 4.69) is 20.6 Å². The third-order valence-corrected chi connectivity index (χ3v) is 3.32. The Balaban J connectivity index is 1.89. The van der Waals surface area contributed by atoms with Crippen molar-refractivity contribution in [3.8, 4) is 0 Å². The molecule has 0 fully saturated rings. The first-order valence-electron chi connectivity index (χ1n) is 6.79. The lowest BCUT2D eigenvalue weighted by atomic mass is 10.1. The van der Waals surface area contributed by atoms with Crippen LogP contribution in [0.5, 0.6) is 0 Å². The Hall–Kier alpha value is -2.44. The van der Waals surface area contributed by atoms with Gasteiger partial charge in [-0.15, -0.1) is 0 Å².